The minimum absolute atomic E-state index is 0.144. The summed E-state index contributed by atoms with van der Waals surface area (Å²) < 4.78 is 10.4. The summed E-state index contributed by atoms with van der Waals surface area (Å²) in [7, 11) is 1.52. The van der Waals surface area contributed by atoms with Gasteiger partial charge in [-0.15, -0.1) is 0 Å². The average molecular weight is 361 g/mol. The molecule has 0 aliphatic heterocycles. The van der Waals surface area contributed by atoms with Crippen LogP contribution in [-0.4, -0.2) is 19.0 Å². The summed E-state index contributed by atoms with van der Waals surface area (Å²) in [6.45, 7) is 0.144. The van der Waals surface area contributed by atoms with Crippen molar-refractivity contribution >= 4 is 17.6 Å². The fraction of sp³-hybridized carbons (Fsp3) is 0.0909. The van der Waals surface area contributed by atoms with Gasteiger partial charge in [0, 0.05) is 11.1 Å². The van der Waals surface area contributed by atoms with Crippen molar-refractivity contribution in [2.45, 2.75) is 6.61 Å². The van der Waals surface area contributed by atoms with Crippen molar-refractivity contribution in [2.24, 2.45) is 0 Å². The summed E-state index contributed by atoms with van der Waals surface area (Å²) in [5.74, 6) is 0.311. The molecule has 3 aromatic carbocycles. The van der Waals surface area contributed by atoms with E-state index in [0.29, 0.717) is 22.6 Å². The number of benzene rings is 3. The van der Waals surface area contributed by atoms with Gasteiger partial charge in [0.15, 0.2) is 5.78 Å². The highest BCUT2D eigenvalue weighted by atomic mass is 16.5. The maximum absolute atomic E-state index is 12.8. The number of nitrogens with one attached hydrogen (secondary N) is 1. The maximum Gasteiger partial charge on any atom is 0.411 e. The summed E-state index contributed by atoms with van der Waals surface area (Å²) >= 11 is 0. The quantitative estimate of drug-likeness (QED) is 0.648. The molecule has 1 N–H and O–H groups in total. The van der Waals surface area contributed by atoms with Crippen LogP contribution < -0.4 is 10.1 Å². The lowest BCUT2D eigenvalue weighted by Gasteiger charge is -2.12. The van der Waals surface area contributed by atoms with Gasteiger partial charge in [0.25, 0.3) is 0 Å². The second-order valence-electron chi connectivity index (χ2n) is 5.79. The molecule has 136 valence electrons. The Morgan fingerprint density at radius 1 is 0.889 bits per heavy atom. The third kappa shape index (κ3) is 4.73. The van der Waals surface area contributed by atoms with Crippen LogP contribution in [0.1, 0.15) is 21.5 Å². The van der Waals surface area contributed by atoms with E-state index in [0.717, 1.165) is 5.56 Å². The average Bonchev–Trinajstić information content (AvgIpc) is 2.73. The predicted molar refractivity (Wildman–Crippen MR) is 103 cm³/mol. The first kappa shape index (κ1) is 18.2. The van der Waals surface area contributed by atoms with Gasteiger partial charge in [0.05, 0.1) is 12.8 Å². The molecule has 27 heavy (non-hydrogen) atoms. The van der Waals surface area contributed by atoms with Crippen LogP contribution in [0, 0.1) is 0 Å². The van der Waals surface area contributed by atoms with Crippen molar-refractivity contribution in [1.29, 1.82) is 0 Å². The van der Waals surface area contributed by atoms with E-state index in [1.807, 2.05) is 36.4 Å². The molecule has 3 aromatic rings. The van der Waals surface area contributed by atoms with Gasteiger partial charge in [0.1, 0.15) is 12.4 Å². The zero-order valence-electron chi connectivity index (χ0n) is 14.8. The van der Waals surface area contributed by atoms with Crippen LogP contribution in [0.4, 0.5) is 10.5 Å². The Bertz CT molecular complexity index is 924. The molecular weight excluding hydrogens is 342 g/mol. The van der Waals surface area contributed by atoms with Gasteiger partial charge in [-0.05, 0) is 23.8 Å². The second-order valence-corrected chi connectivity index (χ2v) is 5.79. The molecule has 0 bridgehead atoms. The normalized spacial score (nSPS) is 10.1. The van der Waals surface area contributed by atoms with E-state index >= 15 is 0 Å². The fourth-order valence-corrected chi connectivity index (χ4v) is 2.56. The zero-order chi connectivity index (χ0) is 19.1. The van der Waals surface area contributed by atoms with E-state index in [1.165, 1.54) is 7.11 Å². The third-order valence-corrected chi connectivity index (χ3v) is 3.96. The monoisotopic (exact) mass is 361 g/mol. The lowest BCUT2D eigenvalue weighted by atomic mass is 10.0. The van der Waals surface area contributed by atoms with Gasteiger partial charge in [-0.2, -0.15) is 0 Å². The smallest absolute Gasteiger partial charge is 0.411 e. The van der Waals surface area contributed by atoms with Crippen LogP contribution in [0.5, 0.6) is 5.75 Å². The molecule has 0 saturated carbocycles. The van der Waals surface area contributed by atoms with Gasteiger partial charge >= 0.3 is 6.09 Å². The van der Waals surface area contributed by atoms with Gasteiger partial charge in [0.2, 0.25) is 0 Å². The molecule has 0 radical (unpaired) electrons. The Labute approximate surface area is 157 Å². The van der Waals surface area contributed by atoms with E-state index in [1.54, 1.807) is 42.5 Å². The molecule has 0 atom stereocenters. The molecule has 5 heteroatoms. The number of ether oxygens (including phenoxy) is 2. The van der Waals surface area contributed by atoms with Crippen LogP contribution in [0.2, 0.25) is 0 Å². The van der Waals surface area contributed by atoms with Crippen molar-refractivity contribution in [2.75, 3.05) is 12.4 Å². The molecule has 0 aliphatic carbocycles. The second kappa shape index (κ2) is 8.67. The van der Waals surface area contributed by atoms with Gasteiger partial charge < -0.3 is 9.47 Å². The van der Waals surface area contributed by atoms with E-state index in [9.17, 15) is 9.59 Å². The largest absolute Gasteiger partial charge is 0.497 e. The van der Waals surface area contributed by atoms with E-state index in [-0.39, 0.29) is 12.4 Å². The minimum Gasteiger partial charge on any atom is -0.497 e. The molecule has 5 nitrogen and oxygen atoms in total. The standard InChI is InChI=1S/C22H19NO4/c1-26-18-12-13-20(19(14-18)21(24)17-10-6-3-7-11-17)23-22(25)27-15-16-8-4-2-5-9-16/h2-14H,15H2,1H3,(H,23,25). The number of amides is 1. The molecule has 0 aliphatic rings. The molecule has 0 heterocycles. The van der Waals surface area contributed by atoms with Gasteiger partial charge in [-0.25, -0.2) is 4.79 Å². The summed E-state index contributed by atoms with van der Waals surface area (Å²) in [6, 6.07) is 23.1. The Kier molecular flexibility index (Phi) is 5.84. The van der Waals surface area contributed by atoms with Crippen molar-refractivity contribution < 1.29 is 19.1 Å². The first-order chi connectivity index (χ1) is 13.2. The number of carbonyl (C=O) groups excluding carboxylic acids is 2. The minimum atomic E-state index is -0.633. The number of methoxy groups -OCH3 is 1. The van der Waals surface area contributed by atoms with Crippen molar-refractivity contribution in [3.8, 4) is 5.75 Å². The summed E-state index contributed by atoms with van der Waals surface area (Å²) in [5.41, 5.74) is 2.09. The Hall–Kier alpha value is -3.60. The van der Waals surface area contributed by atoms with Crippen molar-refractivity contribution in [3.05, 3.63) is 95.6 Å². The van der Waals surface area contributed by atoms with Crippen molar-refractivity contribution in [3.63, 3.8) is 0 Å². The number of carbonyl (C=O) groups is 2. The molecule has 0 spiro atoms. The first-order valence-electron chi connectivity index (χ1n) is 8.43. The Balaban J connectivity index is 1.78. The van der Waals surface area contributed by atoms with Crippen LogP contribution >= 0.6 is 0 Å². The van der Waals surface area contributed by atoms with E-state index < -0.39 is 6.09 Å². The summed E-state index contributed by atoms with van der Waals surface area (Å²) in [4.78, 5) is 25.0. The fourth-order valence-electron chi connectivity index (χ4n) is 2.56. The molecule has 1 amide bonds. The van der Waals surface area contributed by atoms with Crippen molar-refractivity contribution in [1.82, 2.24) is 0 Å². The van der Waals surface area contributed by atoms with Crippen LogP contribution in [0.25, 0.3) is 0 Å². The number of hydrogen-bond acceptors (Lipinski definition) is 4. The van der Waals surface area contributed by atoms with Gasteiger partial charge in [-0.1, -0.05) is 60.7 Å². The molecular formula is C22H19NO4. The first-order valence-corrected chi connectivity index (χ1v) is 8.43. The highest BCUT2D eigenvalue weighted by Gasteiger charge is 2.17. The third-order valence-electron chi connectivity index (χ3n) is 3.96. The van der Waals surface area contributed by atoms with Gasteiger partial charge in [-0.3, -0.25) is 10.1 Å². The Morgan fingerprint density at radius 3 is 2.22 bits per heavy atom. The molecule has 0 saturated heterocycles. The van der Waals surface area contributed by atoms with Crippen LogP contribution in [0.3, 0.4) is 0 Å². The topological polar surface area (TPSA) is 64.6 Å². The maximum atomic E-state index is 12.8. The number of rotatable bonds is 6. The zero-order valence-corrected chi connectivity index (χ0v) is 14.8. The number of anilines is 1. The van der Waals surface area contributed by atoms with E-state index in [2.05, 4.69) is 5.32 Å². The molecule has 0 fully saturated rings. The lowest BCUT2D eigenvalue weighted by molar-refractivity contribution is 0.103. The van der Waals surface area contributed by atoms with Crippen LogP contribution in [-0.2, 0) is 11.3 Å². The predicted octanol–water partition coefficient (Wildman–Crippen LogP) is 4.67. The highest BCUT2D eigenvalue weighted by Crippen LogP contribution is 2.25. The summed E-state index contributed by atoms with van der Waals surface area (Å²) in [6.07, 6.45) is -0.633. The lowest BCUT2D eigenvalue weighted by Crippen LogP contribution is -2.16. The molecule has 3 rings (SSSR count). The molecule has 0 unspecified atom stereocenters. The number of hydrogen-bond donors (Lipinski definition) is 1. The SMILES string of the molecule is COc1ccc(NC(=O)OCc2ccccc2)c(C(=O)c2ccccc2)c1. The molecule has 0 aromatic heterocycles. The van der Waals surface area contributed by atoms with E-state index in [4.69, 9.17) is 9.47 Å². The summed E-state index contributed by atoms with van der Waals surface area (Å²) in [5, 5.41) is 2.65. The Morgan fingerprint density at radius 2 is 1.56 bits per heavy atom. The highest BCUT2D eigenvalue weighted by molar-refractivity contribution is 6.13. The van der Waals surface area contributed by atoms with Crippen LogP contribution in [0.15, 0.2) is 78.9 Å². The number of ketones is 1.